The van der Waals surface area contributed by atoms with Crippen molar-refractivity contribution < 1.29 is 24.2 Å². The Morgan fingerprint density at radius 3 is 3.00 bits per heavy atom. The first kappa shape index (κ1) is 7.64. The molecule has 1 amide bonds. The molecule has 1 aliphatic rings. The third-order valence-corrected chi connectivity index (χ3v) is 1.13. The van der Waals surface area contributed by atoms with Crippen LogP contribution in [0.5, 0.6) is 0 Å². The second-order valence-corrected chi connectivity index (χ2v) is 1.99. The number of carbonyl (C=O) groups excluding carboxylic acids is 1. The van der Waals surface area contributed by atoms with Crippen molar-refractivity contribution in [2.75, 3.05) is 13.2 Å². The first-order valence-electron chi connectivity index (χ1n) is 2.98. The molecular weight excluding hydrogens is 154 g/mol. The smallest absolute Gasteiger partial charge is 0.465 e. The Morgan fingerprint density at radius 2 is 2.55 bits per heavy atom. The molecule has 2 N–H and O–H groups in total. The lowest BCUT2D eigenvalue weighted by Gasteiger charge is -2.03. The normalized spacial score (nSPS) is 22.2. The molecule has 6 heteroatoms. The van der Waals surface area contributed by atoms with Crippen molar-refractivity contribution in [3.8, 4) is 0 Å². The van der Waals surface area contributed by atoms with Gasteiger partial charge in [-0.3, -0.25) is 0 Å². The molecule has 0 saturated carbocycles. The van der Waals surface area contributed by atoms with Gasteiger partial charge in [-0.15, -0.1) is 0 Å². The maximum absolute atomic E-state index is 10.3. The Bertz CT molecular complexity index is 180. The van der Waals surface area contributed by atoms with Gasteiger partial charge in [-0.05, 0) is 0 Å². The van der Waals surface area contributed by atoms with E-state index in [-0.39, 0.29) is 13.2 Å². The summed E-state index contributed by atoms with van der Waals surface area (Å²) in [6.45, 7) is 0.181. The van der Waals surface area contributed by atoms with Gasteiger partial charge in [0.05, 0.1) is 6.54 Å². The molecule has 0 aromatic rings. The van der Waals surface area contributed by atoms with E-state index in [1.807, 2.05) is 0 Å². The number of nitrogens with one attached hydrogen (secondary N) is 1. The monoisotopic (exact) mass is 161 g/mol. The fraction of sp³-hybridized carbons (Fsp3) is 0.600. The summed E-state index contributed by atoms with van der Waals surface area (Å²) in [5.41, 5.74) is 0. The van der Waals surface area contributed by atoms with E-state index in [4.69, 9.17) is 5.11 Å². The number of carbonyl (C=O) groups is 2. The molecule has 1 unspecified atom stereocenters. The van der Waals surface area contributed by atoms with Crippen molar-refractivity contribution in [1.82, 2.24) is 5.32 Å². The van der Waals surface area contributed by atoms with Gasteiger partial charge in [0.15, 0.2) is 6.10 Å². The molecule has 0 aromatic heterocycles. The average molecular weight is 161 g/mol. The zero-order chi connectivity index (χ0) is 8.27. The van der Waals surface area contributed by atoms with E-state index >= 15 is 0 Å². The predicted octanol–water partition coefficient (Wildman–Crippen LogP) is -0.211. The van der Waals surface area contributed by atoms with Crippen molar-refractivity contribution >= 4 is 12.2 Å². The third kappa shape index (κ3) is 2.32. The number of amides is 1. The molecule has 0 bridgehead atoms. The molecule has 1 rings (SSSR count). The summed E-state index contributed by atoms with van der Waals surface area (Å²) in [6.07, 6.45) is -2.38. The maximum Gasteiger partial charge on any atom is 0.508 e. The lowest BCUT2D eigenvalue weighted by atomic mass is 10.4. The Morgan fingerprint density at radius 1 is 1.82 bits per heavy atom. The molecule has 0 aromatic carbocycles. The minimum absolute atomic E-state index is 0.0705. The number of ether oxygens (including phenoxy) is 2. The van der Waals surface area contributed by atoms with Gasteiger partial charge in [-0.25, -0.2) is 9.59 Å². The lowest BCUT2D eigenvalue weighted by Crippen LogP contribution is -2.32. The Kier molecular flexibility index (Phi) is 2.15. The Labute approximate surface area is 62.1 Å². The van der Waals surface area contributed by atoms with Crippen LogP contribution >= 0.6 is 0 Å². The summed E-state index contributed by atoms with van der Waals surface area (Å²) >= 11 is 0. The standard InChI is InChI=1S/C5H7NO5/c7-4(8)6-1-3-2-10-5(9)11-3/h3,6H,1-2H2,(H,7,8). The van der Waals surface area contributed by atoms with Gasteiger partial charge in [-0.1, -0.05) is 0 Å². The number of rotatable bonds is 2. The van der Waals surface area contributed by atoms with Crippen LogP contribution in [0.2, 0.25) is 0 Å². The third-order valence-electron chi connectivity index (χ3n) is 1.13. The van der Waals surface area contributed by atoms with E-state index in [2.05, 4.69) is 14.8 Å². The minimum atomic E-state index is -1.15. The van der Waals surface area contributed by atoms with Crippen molar-refractivity contribution in [2.24, 2.45) is 0 Å². The summed E-state index contributed by atoms with van der Waals surface area (Å²) in [4.78, 5) is 20.2. The molecule has 11 heavy (non-hydrogen) atoms. The molecule has 62 valence electrons. The van der Waals surface area contributed by atoms with Crippen LogP contribution in [0.15, 0.2) is 0 Å². The number of hydrogen-bond donors (Lipinski definition) is 2. The van der Waals surface area contributed by atoms with Crippen molar-refractivity contribution in [1.29, 1.82) is 0 Å². The summed E-state index contributed by atoms with van der Waals surface area (Å²) < 4.78 is 8.93. The van der Waals surface area contributed by atoms with Gasteiger partial charge in [0.25, 0.3) is 0 Å². The molecule has 1 heterocycles. The maximum atomic E-state index is 10.3. The van der Waals surface area contributed by atoms with E-state index in [1.165, 1.54) is 0 Å². The highest BCUT2D eigenvalue weighted by Gasteiger charge is 2.24. The largest absolute Gasteiger partial charge is 0.508 e. The highest BCUT2D eigenvalue weighted by Crippen LogP contribution is 2.03. The lowest BCUT2D eigenvalue weighted by molar-refractivity contribution is 0.116. The molecule has 1 atom stereocenters. The number of carboxylic acid groups (broad SMARTS) is 1. The molecular formula is C5H7NO5. The van der Waals surface area contributed by atoms with Crippen LogP contribution in [-0.2, 0) is 9.47 Å². The van der Waals surface area contributed by atoms with Crippen LogP contribution in [0.1, 0.15) is 0 Å². The van der Waals surface area contributed by atoms with E-state index in [0.29, 0.717) is 0 Å². The second-order valence-electron chi connectivity index (χ2n) is 1.99. The van der Waals surface area contributed by atoms with Crippen molar-refractivity contribution in [3.63, 3.8) is 0 Å². The molecule has 6 nitrogen and oxygen atoms in total. The predicted molar refractivity (Wildman–Crippen MR) is 32.2 cm³/mol. The highest BCUT2D eigenvalue weighted by atomic mass is 16.8. The SMILES string of the molecule is O=C(O)NCC1COC(=O)O1. The highest BCUT2D eigenvalue weighted by molar-refractivity contribution is 5.65. The van der Waals surface area contributed by atoms with Crippen LogP contribution in [0.3, 0.4) is 0 Å². The topological polar surface area (TPSA) is 84.9 Å². The molecule has 1 fully saturated rings. The van der Waals surface area contributed by atoms with Gasteiger partial charge >= 0.3 is 12.2 Å². The summed E-state index contributed by atoms with van der Waals surface area (Å²) in [5.74, 6) is 0. The summed E-state index contributed by atoms with van der Waals surface area (Å²) in [7, 11) is 0. The van der Waals surface area contributed by atoms with Crippen LogP contribution in [-0.4, -0.2) is 36.6 Å². The molecule has 0 radical (unpaired) electrons. The molecule has 1 aliphatic heterocycles. The molecule has 0 spiro atoms. The van der Waals surface area contributed by atoms with Gasteiger partial charge < -0.3 is 19.9 Å². The zero-order valence-electron chi connectivity index (χ0n) is 5.57. The van der Waals surface area contributed by atoms with Crippen LogP contribution in [0.25, 0.3) is 0 Å². The van der Waals surface area contributed by atoms with E-state index in [9.17, 15) is 9.59 Å². The molecule has 0 aliphatic carbocycles. The van der Waals surface area contributed by atoms with E-state index in [1.54, 1.807) is 0 Å². The van der Waals surface area contributed by atoms with Crippen molar-refractivity contribution in [3.05, 3.63) is 0 Å². The minimum Gasteiger partial charge on any atom is -0.465 e. The van der Waals surface area contributed by atoms with E-state index < -0.39 is 18.4 Å². The number of cyclic esters (lactones) is 2. The Balaban J connectivity index is 2.18. The zero-order valence-corrected chi connectivity index (χ0v) is 5.57. The quantitative estimate of drug-likeness (QED) is 0.547. The van der Waals surface area contributed by atoms with Gasteiger partial charge in [0, 0.05) is 0 Å². The first-order valence-corrected chi connectivity index (χ1v) is 2.98. The molecule has 1 saturated heterocycles. The Hall–Kier alpha value is -1.46. The van der Waals surface area contributed by atoms with Crippen LogP contribution in [0.4, 0.5) is 9.59 Å². The van der Waals surface area contributed by atoms with Crippen LogP contribution < -0.4 is 5.32 Å². The second kappa shape index (κ2) is 3.09. The van der Waals surface area contributed by atoms with Crippen molar-refractivity contribution in [2.45, 2.75) is 6.10 Å². The summed E-state index contributed by atoms with van der Waals surface area (Å²) in [5, 5.41) is 10.2. The van der Waals surface area contributed by atoms with Gasteiger partial charge in [0.2, 0.25) is 0 Å². The first-order chi connectivity index (χ1) is 5.18. The van der Waals surface area contributed by atoms with Gasteiger partial charge in [0.1, 0.15) is 6.61 Å². The number of hydrogen-bond acceptors (Lipinski definition) is 4. The fourth-order valence-electron chi connectivity index (χ4n) is 0.667. The fourth-order valence-corrected chi connectivity index (χ4v) is 0.667. The van der Waals surface area contributed by atoms with E-state index in [0.717, 1.165) is 0 Å². The average Bonchev–Trinajstić information content (AvgIpc) is 2.31. The van der Waals surface area contributed by atoms with Gasteiger partial charge in [-0.2, -0.15) is 0 Å². The van der Waals surface area contributed by atoms with Crippen LogP contribution in [0, 0.1) is 0 Å². The summed E-state index contributed by atoms with van der Waals surface area (Å²) in [6, 6.07) is 0.